The minimum atomic E-state index is -4.62. The van der Waals surface area contributed by atoms with Crippen LogP contribution in [0.15, 0.2) is 36.4 Å². The average Bonchev–Trinajstić information content (AvgIpc) is 3.25. The highest BCUT2D eigenvalue weighted by atomic mass is 19.4. The van der Waals surface area contributed by atoms with Gasteiger partial charge in [0, 0.05) is 43.6 Å². The van der Waals surface area contributed by atoms with Crippen molar-refractivity contribution < 1.29 is 27.6 Å². The molecule has 6 N–H and O–H groups in total. The molecule has 1 heterocycles. The first-order valence-electron chi connectivity index (χ1n) is 11.9. The molecule has 0 spiro atoms. The minimum Gasteiger partial charge on any atom is -0.398 e. The Morgan fingerprint density at radius 2 is 1.86 bits per heavy atom. The third kappa shape index (κ3) is 7.84. The molecular formula is C25H31F3N6O3. The van der Waals surface area contributed by atoms with Crippen LogP contribution in [0.4, 0.5) is 29.3 Å². The molecule has 200 valence electrons. The number of alkyl halides is 3. The van der Waals surface area contributed by atoms with E-state index >= 15 is 0 Å². The Balaban J connectivity index is 1.49. The molecule has 1 saturated heterocycles. The van der Waals surface area contributed by atoms with Crippen molar-refractivity contribution in [2.24, 2.45) is 0 Å². The highest BCUT2D eigenvalue weighted by Crippen LogP contribution is 2.31. The Morgan fingerprint density at radius 1 is 1.11 bits per heavy atom. The van der Waals surface area contributed by atoms with Crippen molar-refractivity contribution in [3.8, 4) is 0 Å². The zero-order valence-corrected chi connectivity index (χ0v) is 20.7. The van der Waals surface area contributed by atoms with Crippen molar-refractivity contribution in [3.05, 3.63) is 58.7 Å². The molecule has 1 fully saturated rings. The summed E-state index contributed by atoms with van der Waals surface area (Å²) in [6.45, 7) is 5.84. The van der Waals surface area contributed by atoms with Crippen LogP contribution in [-0.4, -0.2) is 55.0 Å². The summed E-state index contributed by atoms with van der Waals surface area (Å²) in [6.07, 6.45) is -3.91. The first-order chi connectivity index (χ1) is 17.5. The number of halogens is 3. The maximum absolute atomic E-state index is 12.9. The van der Waals surface area contributed by atoms with Crippen LogP contribution in [0.25, 0.3) is 0 Å². The fraction of sp³-hybridized carbons (Fsp3) is 0.400. The second-order valence-corrected chi connectivity index (χ2v) is 8.90. The number of rotatable bonds is 8. The van der Waals surface area contributed by atoms with Gasteiger partial charge in [-0.2, -0.15) is 13.2 Å². The highest BCUT2D eigenvalue weighted by molar-refractivity contribution is 6.00. The molecule has 37 heavy (non-hydrogen) atoms. The smallest absolute Gasteiger partial charge is 0.398 e. The molecule has 2 aromatic carbocycles. The molecule has 0 aromatic heterocycles. The van der Waals surface area contributed by atoms with E-state index in [4.69, 9.17) is 5.73 Å². The van der Waals surface area contributed by atoms with Gasteiger partial charge in [0.2, 0.25) is 5.91 Å². The number of likely N-dealkylation sites (tertiary alicyclic amines) is 1. The molecule has 1 aliphatic heterocycles. The van der Waals surface area contributed by atoms with Gasteiger partial charge in [0.15, 0.2) is 0 Å². The third-order valence-electron chi connectivity index (χ3n) is 5.97. The predicted octanol–water partition coefficient (Wildman–Crippen LogP) is 2.86. The topological polar surface area (TPSA) is 129 Å². The molecule has 4 amide bonds. The first-order valence-corrected chi connectivity index (χ1v) is 11.9. The second-order valence-electron chi connectivity index (χ2n) is 8.90. The van der Waals surface area contributed by atoms with Gasteiger partial charge in [-0.3, -0.25) is 14.5 Å². The van der Waals surface area contributed by atoms with Gasteiger partial charge in [0.05, 0.1) is 17.7 Å². The molecular weight excluding hydrogens is 489 g/mol. The van der Waals surface area contributed by atoms with E-state index < -0.39 is 30.1 Å². The van der Waals surface area contributed by atoms with E-state index in [1.807, 2.05) is 32.0 Å². The number of hydrogen-bond donors (Lipinski definition) is 5. The number of nitrogen functional groups attached to an aromatic ring is 1. The molecule has 1 aliphatic rings. The molecule has 2 aromatic rings. The van der Waals surface area contributed by atoms with Gasteiger partial charge >= 0.3 is 12.2 Å². The zero-order valence-electron chi connectivity index (χ0n) is 20.7. The second kappa shape index (κ2) is 12.0. The first kappa shape index (κ1) is 27.8. The number of aryl methyl sites for hydroxylation is 1. The number of nitrogens with zero attached hydrogens (tertiary/aromatic N) is 1. The molecule has 1 atom stereocenters. The van der Waals surface area contributed by atoms with Crippen LogP contribution in [0, 0.1) is 6.92 Å². The van der Waals surface area contributed by atoms with E-state index in [1.165, 1.54) is 0 Å². The molecule has 3 rings (SSSR count). The summed E-state index contributed by atoms with van der Waals surface area (Å²) in [6, 6.07) is 7.91. The number of nitrogens with one attached hydrogen (secondary N) is 4. The highest BCUT2D eigenvalue weighted by Gasteiger charge is 2.31. The Kier molecular flexibility index (Phi) is 8.98. The number of urea groups is 1. The summed E-state index contributed by atoms with van der Waals surface area (Å²) in [5.41, 5.74) is 6.87. The quantitative estimate of drug-likeness (QED) is 0.342. The summed E-state index contributed by atoms with van der Waals surface area (Å²) in [4.78, 5) is 38.7. The molecule has 0 unspecified atom stereocenters. The lowest BCUT2D eigenvalue weighted by Crippen LogP contribution is -2.43. The van der Waals surface area contributed by atoms with Crippen LogP contribution in [0.3, 0.4) is 0 Å². The number of carbonyl (C=O) groups is 3. The van der Waals surface area contributed by atoms with E-state index in [-0.39, 0.29) is 23.3 Å². The molecule has 12 heteroatoms. The number of benzene rings is 2. The average molecular weight is 521 g/mol. The van der Waals surface area contributed by atoms with Crippen LogP contribution in [0.5, 0.6) is 0 Å². The predicted molar refractivity (Wildman–Crippen MR) is 134 cm³/mol. The van der Waals surface area contributed by atoms with Crippen LogP contribution in [0.2, 0.25) is 0 Å². The van der Waals surface area contributed by atoms with Crippen molar-refractivity contribution in [2.75, 3.05) is 37.2 Å². The van der Waals surface area contributed by atoms with Gasteiger partial charge in [0.25, 0.3) is 5.91 Å². The van der Waals surface area contributed by atoms with Crippen LogP contribution >= 0.6 is 0 Å². The lowest BCUT2D eigenvalue weighted by atomic mass is 10.1. The van der Waals surface area contributed by atoms with Crippen molar-refractivity contribution >= 4 is 29.2 Å². The molecule has 0 aliphatic carbocycles. The third-order valence-corrected chi connectivity index (χ3v) is 5.97. The van der Waals surface area contributed by atoms with Crippen LogP contribution in [0.1, 0.15) is 40.4 Å². The van der Waals surface area contributed by atoms with Gasteiger partial charge in [-0.05, 0) is 55.7 Å². The molecule has 0 saturated carbocycles. The largest absolute Gasteiger partial charge is 0.416 e. The molecule has 9 nitrogen and oxygen atoms in total. The summed E-state index contributed by atoms with van der Waals surface area (Å²) < 4.78 is 38.8. The maximum atomic E-state index is 12.9. The van der Waals surface area contributed by atoms with Gasteiger partial charge in [-0.15, -0.1) is 0 Å². The maximum Gasteiger partial charge on any atom is 0.416 e. The summed E-state index contributed by atoms with van der Waals surface area (Å²) in [5.74, 6) is -1.31. The van der Waals surface area contributed by atoms with Gasteiger partial charge < -0.3 is 27.0 Å². The number of carbonyl (C=O) groups excluding carboxylic acids is 3. The monoisotopic (exact) mass is 520 g/mol. The fourth-order valence-corrected chi connectivity index (χ4v) is 4.05. The number of anilines is 2. The summed E-state index contributed by atoms with van der Waals surface area (Å²) >= 11 is 0. The summed E-state index contributed by atoms with van der Waals surface area (Å²) in [7, 11) is 0. The van der Waals surface area contributed by atoms with Crippen LogP contribution < -0.4 is 27.0 Å². The summed E-state index contributed by atoms with van der Waals surface area (Å²) in [5, 5.41) is 10.7. The fourth-order valence-electron chi connectivity index (χ4n) is 4.05. The Labute approximate surface area is 213 Å². The normalized spacial score (nSPS) is 15.8. The van der Waals surface area contributed by atoms with E-state index in [2.05, 4.69) is 26.2 Å². The molecule has 0 radical (unpaired) electrons. The number of nitrogens with two attached hydrogens (primary N) is 1. The number of amides is 4. The van der Waals surface area contributed by atoms with E-state index in [0.29, 0.717) is 32.1 Å². The van der Waals surface area contributed by atoms with E-state index in [9.17, 15) is 27.6 Å². The minimum absolute atomic E-state index is 0.113. The van der Waals surface area contributed by atoms with Gasteiger partial charge in [-0.1, -0.05) is 12.1 Å². The van der Waals surface area contributed by atoms with Gasteiger partial charge in [-0.25, -0.2) is 4.79 Å². The SMILES string of the molecule is CCNC(=O)Nc1cc(CN2CC[C@H](NC(=O)CNC(=O)c3cc(C(F)(F)F)ccc3N)C2)ccc1C. The lowest BCUT2D eigenvalue weighted by Gasteiger charge is -2.18. The standard InChI is InChI=1S/C25H31F3N6O3/c1-3-30-24(37)33-21-10-16(5-4-15(21)2)13-34-9-8-18(14-34)32-22(35)12-31-23(36)19-11-17(25(26,27)28)6-7-20(19)29/h4-7,10-11,18H,3,8-9,12-14,29H2,1-2H3,(H,31,36)(H,32,35)(H2,30,33,37)/t18-/m0/s1. The Bertz CT molecular complexity index is 1150. The Morgan fingerprint density at radius 3 is 2.57 bits per heavy atom. The lowest BCUT2D eigenvalue weighted by molar-refractivity contribution is -0.137. The molecule has 0 bridgehead atoms. The Hall–Kier alpha value is -3.80. The van der Waals surface area contributed by atoms with Gasteiger partial charge in [0.1, 0.15) is 0 Å². The van der Waals surface area contributed by atoms with Crippen molar-refractivity contribution in [1.82, 2.24) is 20.9 Å². The van der Waals surface area contributed by atoms with E-state index in [1.54, 1.807) is 0 Å². The van der Waals surface area contributed by atoms with E-state index in [0.717, 1.165) is 35.5 Å². The number of hydrogen-bond acceptors (Lipinski definition) is 5. The van der Waals surface area contributed by atoms with Crippen LogP contribution in [-0.2, 0) is 17.5 Å². The van der Waals surface area contributed by atoms with Crippen molar-refractivity contribution in [1.29, 1.82) is 0 Å². The van der Waals surface area contributed by atoms with Crippen molar-refractivity contribution in [2.45, 2.75) is 39.0 Å². The van der Waals surface area contributed by atoms with Crippen molar-refractivity contribution in [3.63, 3.8) is 0 Å². The zero-order chi connectivity index (χ0) is 27.2.